The molecule has 0 saturated carbocycles. The zero-order chi connectivity index (χ0) is 19.3. The molecule has 1 aromatic carbocycles. The minimum atomic E-state index is 0.0392. The summed E-state index contributed by atoms with van der Waals surface area (Å²) in [5.41, 5.74) is 2.13. The first-order valence-electron chi connectivity index (χ1n) is 9.32. The summed E-state index contributed by atoms with van der Waals surface area (Å²) in [5.74, 6) is 0.722. The van der Waals surface area contributed by atoms with Crippen molar-refractivity contribution in [3.63, 3.8) is 0 Å². The molecule has 8 heteroatoms. The summed E-state index contributed by atoms with van der Waals surface area (Å²) >= 11 is 7.60. The van der Waals surface area contributed by atoms with Crippen molar-refractivity contribution in [1.29, 1.82) is 0 Å². The number of halogens is 1. The summed E-state index contributed by atoms with van der Waals surface area (Å²) in [6, 6.07) is 9.93. The maximum Gasteiger partial charge on any atom is 0.324 e. The number of nitrogens with one attached hydrogen (secondary N) is 1. The number of hydrogen-bond donors (Lipinski definition) is 1. The second-order valence-electron chi connectivity index (χ2n) is 6.84. The van der Waals surface area contributed by atoms with Gasteiger partial charge < -0.3 is 14.7 Å². The van der Waals surface area contributed by atoms with E-state index in [2.05, 4.69) is 32.3 Å². The van der Waals surface area contributed by atoms with E-state index in [9.17, 15) is 4.79 Å². The Kier molecular flexibility index (Phi) is 5.92. The average molecular weight is 417 g/mol. The van der Waals surface area contributed by atoms with Crippen molar-refractivity contribution < 1.29 is 9.32 Å². The van der Waals surface area contributed by atoms with E-state index in [0.29, 0.717) is 23.4 Å². The lowest BCUT2D eigenvalue weighted by Crippen LogP contribution is -2.41. The number of anilines is 1. The largest absolute Gasteiger partial charge is 0.356 e. The predicted octanol–water partition coefficient (Wildman–Crippen LogP) is 4.03. The molecular weight excluding hydrogens is 396 g/mol. The fraction of sp³-hybridized carbons (Fsp3) is 0.350. The van der Waals surface area contributed by atoms with Crippen molar-refractivity contribution in [2.45, 2.75) is 19.3 Å². The van der Waals surface area contributed by atoms with Crippen molar-refractivity contribution in [2.75, 3.05) is 24.5 Å². The lowest BCUT2D eigenvalue weighted by atomic mass is 9.96. The molecule has 1 amide bonds. The van der Waals surface area contributed by atoms with Crippen LogP contribution in [0.5, 0.6) is 0 Å². The van der Waals surface area contributed by atoms with Gasteiger partial charge in [-0.2, -0.15) is 16.3 Å². The van der Waals surface area contributed by atoms with Gasteiger partial charge >= 0.3 is 6.01 Å². The molecule has 3 aromatic rings. The van der Waals surface area contributed by atoms with Crippen molar-refractivity contribution in [2.24, 2.45) is 5.92 Å². The van der Waals surface area contributed by atoms with Crippen LogP contribution in [-0.2, 0) is 11.2 Å². The summed E-state index contributed by atoms with van der Waals surface area (Å²) in [5, 5.41) is 12.0. The molecule has 4 rings (SSSR count). The molecule has 1 aliphatic rings. The number of rotatable bonds is 6. The Balaban J connectivity index is 1.27. The van der Waals surface area contributed by atoms with Gasteiger partial charge in [-0.15, -0.1) is 0 Å². The van der Waals surface area contributed by atoms with Gasteiger partial charge in [-0.1, -0.05) is 16.8 Å². The zero-order valence-corrected chi connectivity index (χ0v) is 16.9. The Bertz CT molecular complexity index is 903. The molecule has 1 N–H and O–H groups in total. The monoisotopic (exact) mass is 416 g/mol. The van der Waals surface area contributed by atoms with Crippen molar-refractivity contribution in [3.05, 3.63) is 51.7 Å². The Morgan fingerprint density at radius 1 is 1.25 bits per heavy atom. The topological polar surface area (TPSA) is 71.3 Å². The van der Waals surface area contributed by atoms with Crippen molar-refractivity contribution >= 4 is 34.9 Å². The highest BCUT2D eigenvalue weighted by Crippen LogP contribution is 2.25. The number of carbonyl (C=O) groups is 1. The van der Waals surface area contributed by atoms with Crippen LogP contribution in [0.3, 0.4) is 0 Å². The van der Waals surface area contributed by atoms with E-state index in [4.69, 9.17) is 16.1 Å². The Hall–Kier alpha value is -2.38. The number of aromatic nitrogens is 2. The van der Waals surface area contributed by atoms with Gasteiger partial charge in [0.1, 0.15) is 0 Å². The van der Waals surface area contributed by atoms with Crippen LogP contribution in [0, 0.1) is 5.92 Å². The highest BCUT2D eigenvalue weighted by atomic mass is 35.5. The number of piperidine rings is 1. The number of carbonyl (C=O) groups excluding carboxylic acids is 1. The highest BCUT2D eigenvalue weighted by Gasteiger charge is 2.27. The molecule has 1 fully saturated rings. The molecule has 0 unspecified atom stereocenters. The number of amides is 1. The molecule has 28 heavy (non-hydrogen) atoms. The molecule has 146 valence electrons. The number of thiophene rings is 1. The molecule has 0 bridgehead atoms. The normalized spacial score (nSPS) is 15.0. The molecule has 0 spiro atoms. The highest BCUT2D eigenvalue weighted by molar-refractivity contribution is 7.07. The van der Waals surface area contributed by atoms with E-state index in [1.54, 1.807) is 23.5 Å². The van der Waals surface area contributed by atoms with E-state index in [-0.39, 0.29) is 11.8 Å². The van der Waals surface area contributed by atoms with E-state index in [1.165, 1.54) is 5.56 Å². The van der Waals surface area contributed by atoms with Crippen LogP contribution in [0.15, 0.2) is 45.6 Å². The summed E-state index contributed by atoms with van der Waals surface area (Å²) in [6.07, 6.45) is 2.44. The lowest BCUT2D eigenvalue weighted by Gasteiger charge is -2.29. The van der Waals surface area contributed by atoms with Gasteiger partial charge in [0.25, 0.3) is 0 Å². The predicted molar refractivity (Wildman–Crippen MR) is 111 cm³/mol. The minimum Gasteiger partial charge on any atom is -0.356 e. The fourth-order valence-corrected chi connectivity index (χ4v) is 4.13. The molecule has 1 aliphatic heterocycles. The van der Waals surface area contributed by atoms with Gasteiger partial charge in [-0.05, 0) is 65.9 Å². The summed E-state index contributed by atoms with van der Waals surface area (Å²) < 4.78 is 5.42. The van der Waals surface area contributed by atoms with Gasteiger partial charge in [-0.25, -0.2) is 0 Å². The number of hydrogen-bond acceptors (Lipinski definition) is 6. The fourth-order valence-electron chi connectivity index (χ4n) is 3.30. The van der Waals surface area contributed by atoms with Gasteiger partial charge in [0.15, 0.2) is 0 Å². The summed E-state index contributed by atoms with van der Waals surface area (Å²) in [4.78, 5) is 18.9. The van der Waals surface area contributed by atoms with Gasteiger partial charge in [0.05, 0.1) is 0 Å². The standard InChI is InChI=1S/C20H21ClN4O2S/c21-17-3-1-15(2-4-17)18-23-20(27-24-18)25-10-6-16(7-11-25)19(26)22-9-5-14-8-12-28-13-14/h1-4,8,12-13,16H,5-7,9-11H2,(H,22,26). The van der Waals surface area contributed by atoms with E-state index >= 15 is 0 Å². The third-order valence-electron chi connectivity index (χ3n) is 4.95. The summed E-state index contributed by atoms with van der Waals surface area (Å²) in [7, 11) is 0. The average Bonchev–Trinajstić information content (AvgIpc) is 3.41. The van der Waals surface area contributed by atoms with Gasteiger partial charge in [0.2, 0.25) is 11.7 Å². The molecule has 0 atom stereocenters. The molecule has 0 radical (unpaired) electrons. The third-order valence-corrected chi connectivity index (χ3v) is 5.93. The first-order valence-corrected chi connectivity index (χ1v) is 10.6. The molecule has 3 heterocycles. The van der Waals surface area contributed by atoms with Crippen LogP contribution in [0.1, 0.15) is 18.4 Å². The Morgan fingerprint density at radius 3 is 2.75 bits per heavy atom. The second-order valence-corrected chi connectivity index (χ2v) is 8.06. The van der Waals surface area contributed by atoms with Crippen LogP contribution >= 0.6 is 22.9 Å². The molecular formula is C20H21ClN4O2S. The van der Waals surface area contributed by atoms with Crippen molar-refractivity contribution in [3.8, 4) is 11.4 Å². The first kappa shape index (κ1) is 19.0. The smallest absolute Gasteiger partial charge is 0.324 e. The molecule has 2 aromatic heterocycles. The molecule has 0 aliphatic carbocycles. The van der Waals surface area contributed by atoms with Crippen LogP contribution in [0.25, 0.3) is 11.4 Å². The number of nitrogens with zero attached hydrogens (tertiary/aromatic N) is 3. The Morgan fingerprint density at radius 2 is 2.04 bits per heavy atom. The maximum absolute atomic E-state index is 12.4. The van der Waals surface area contributed by atoms with E-state index in [1.807, 2.05) is 17.0 Å². The lowest BCUT2D eigenvalue weighted by molar-refractivity contribution is -0.125. The van der Waals surface area contributed by atoms with Crippen LogP contribution in [0.2, 0.25) is 5.02 Å². The van der Waals surface area contributed by atoms with Crippen LogP contribution in [-0.4, -0.2) is 35.7 Å². The van der Waals surface area contributed by atoms with E-state index < -0.39 is 0 Å². The minimum absolute atomic E-state index is 0.0392. The quantitative estimate of drug-likeness (QED) is 0.656. The van der Waals surface area contributed by atoms with Gasteiger partial charge in [-0.3, -0.25) is 4.79 Å². The first-order chi connectivity index (χ1) is 13.7. The summed E-state index contributed by atoms with van der Waals surface area (Å²) in [6.45, 7) is 2.14. The maximum atomic E-state index is 12.4. The van der Waals surface area contributed by atoms with Gasteiger partial charge in [0, 0.05) is 36.1 Å². The zero-order valence-electron chi connectivity index (χ0n) is 15.3. The molecule has 6 nitrogen and oxygen atoms in total. The van der Waals surface area contributed by atoms with E-state index in [0.717, 1.165) is 37.9 Å². The third kappa shape index (κ3) is 4.54. The van der Waals surface area contributed by atoms with Crippen LogP contribution < -0.4 is 10.2 Å². The Labute approximate surface area is 172 Å². The second kappa shape index (κ2) is 8.75. The number of benzene rings is 1. The van der Waals surface area contributed by atoms with Crippen LogP contribution in [0.4, 0.5) is 6.01 Å². The SMILES string of the molecule is O=C(NCCc1ccsc1)C1CCN(c2nc(-c3ccc(Cl)cc3)no2)CC1. The van der Waals surface area contributed by atoms with Crippen molar-refractivity contribution in [1.82, 2.24) is 15.5 Å². The molecule has 1 saturated heterocycles.